The topological polar surface area (TPSA) is 72.3 Å². The van der Waals surface area contributed by atoms with E-state index in [1.807, 2.05) is 39.8 Å². The van der Waals surface area contributed by atoms with Crippen LogP contribution in [0.1, 0.15) is 51.5 Å². The van der Waals surface area contributed by atoms with Crippen LogP contribution in [0, 0.1) is 25.2 Å². The van der Waals surface area contributed by atoms with E-state index in [1.165, 1.54) is 0 Å². The van der Waals surface area contributed by atoms with Crippen molar-refractivity contribution in [2.75, 3.05) is 6.61 Å². The van der Waals surface area contributed by atoms with Crippen molar-refractivity contribution >= 4 is 11.1 Å². The van der Waals surface area contributed by atoms with Gasteiger partial charge in [0.1, 0.15) is 11.6 Å². The first-order valence-corrected chi connectivity index (χ1v) is 8.89. The summed E-state index contributed by atoms with van der Waals surface area (Å²) in [4.78, 5) is 19.9. The number of nitrogens with one attached hydrogen (secondary N) is 1. The third-order valence-corrected chi connectivity index (χ3v) is 4.04. The molecule has 0 saturated carbocycles. The lowest BCUT2D eigenvalue weighted by atomic mass is 10.1. The maximum Gasteiger partial charge on any atom is 0.277 e. The minimum absolute atomic E-state index is 0.0137. The largest absolute Gasteiger partial charge is 0.493 e. The number of fused-ring (bicyclic) bond motifs is 1. The molecular weight excluding hydrogens is 328 g/mol. The third-order valence-electron chi connectivity index (χ3n) is 4.04. The van der Waals surface area contributed by atoms with E-state index in [1.54, 1.807) is 4.52 Å². The summed E-state index contributed by atoms with van der Waals surface area (Å²) in [6, 6.07) is 0. The average molecular weight is 354 g/mol. The summed E-state index contributed by atoms with van der Waals surface area (Å²) >= 11 is 0. The molecule has 2 rings (SSSR count). The molecular formula is C20H26N4O2. The molecule has 2 heterocycles. The molecule has 0 spiro atoms. The quantitative estimate of drug-likeness (QED) is 0.470. The van der Waals surface area contributed by atoms with Gasteiger partial charge in [0, 0.05) is 17.9 Å². The summed E-state index contributed by atoms with van der Waals surface area (Å²) in [5.41, 5.74) is 1.70. The van der Waals surface area contributed by atoms with Gasteiger partial charge in [-0.05, 0) is 40.2 Å². The van der Waals surface area contributed by atoms with E-state index in [0.717, 1.165) is 24.2 Å². The molecule has 6 heteroatoms. The van der Waals surface area contributed by atoms with Gasteiger partial charge < -0.3 is 9.72 Å². The summed E-state index contributed by atoms with van der Waals surface area (Å²) in [5, 5.41) is 4.61. The summed E-state index contributed by atoms with van der Waals surface area (Å²) in [7, 11) is 0. The van der Waals surface area contributed by atoms with Gasteiger partial charge in [-0.15, -0.1) is 11.5 Å². The Balaban J connectivity index is 2.62. The van der Waals surface area contributed by atoms with Crippen molar-refractivity contribution in [3.63, 3.8) is 0 Å². The maximum absolute atomic E-state index is 12.6. The first-order chi connectivity index (χ1) is 12.4. The van der Waals surface area contributed by atoms with Crippen molar-refractivity contribution in [2.45, 2.75) is 47.5 Å². The number of hydrogen-bond donors (Lipinski definition) is 1. The molecule has 0 aliphatic carbocycles. The van der Waals surface area contributed by atoms with Crippen LogP contribution in [0.15, 0.2) is 22.7 Å². The highest BCUT2D eigenvalue weighted by Crippen LogP contribution is 2.18. The van der Waals surface area contributed by atoms with Crippen LogP contribution in [-0.4, -0.2) is 26.2 Å². The third kappa shape index (κ3) is 4.05. The lowest BCUT2D eigenvalue weighted by Gasteiger charge is -2.10. The lowest BCUT2D eigenvalue weighted by Crippen LogP contribution is -2.17. The average Bonchev–Trinajstić information content (AvgIpc) is 2.94. The highest BCUT2D eigenvalue weighted by atomic mass is 16.5. The number of ether oxygens (including phenoxy) is 1. The SMILES string of the molecule is C#CC(C)/C=C\C(OCC)=C(/C)c1nn2c(CCC)nc(C)c2c(=O)[nH]1. The summed E-state index contributed by atoms with van der Waals surface area (Å²) in [6.45, 7) is 10.1. The minimum atomic E-state index is -0.210. The van der Waals surface area contributed by atoms with Gasteiger partial charge in [0.15, 0.2) is 11.3 Å². The van der Waals surface area contributed by atoms with E-state index < -0.39 is 0 Å². The molecule has 0 aliphatic heterocycles. The lowest BCUT2D eigenvalue weighted by molar-refractivity contribution is 0.243. The van der Waals surface area contributed by atoms with E-state index in [4.69, 9.17) is 11.2 Å². The zero-order valence-electron chi connectivity index (χ0n) is 16.1. The number of aromatic amines is 1. The predicted octanol–water partition coefficient (Wildman–Crippen LogP) is 3.27. The number of allylic oxidation sites excluding steroid dienone is 3. The molecule has 2 aromatic heterocycles. The molecule has 0 aromatic carbocycles. The molecule has 0 bridgehead atoms. The molecule has 0 radical (unpaired) electrons. The van der Waals surface area contributed by atoms with Crippen molar-refractivity contribution in [3.8, 4) is 12.3 Å². The number of rotatable bonds is 7. The van der Waals surface area contributed by atoms with Crippen LogP contribution in [-0.2, 0) is 11.2 Å². The first kappa shape index (κ1) is 19.5. The monoisotopic (exact) mass is 354 g/mol. The number of aryl methyl sites for hydroxylation is 2. The fraction of sp³-hybridized carbons (Fsp3) is 0.450. The number of terminal acetylenes is 1. The Morgan fingerprint density at radius 1 is 1.46 bits per heavy atom. The molecule has 138 valence electrons. The Hall–Kier alpha value is -2.81. The second-order valence-corrected chi connectivity index (χ2v) is 6.16. The molecule has 0 fully saturated rings. The van der Waals surface area contributed by atoms with Crippen LogP contribution in [0.4, 0.5) is 0 Å². The molecule has 2 aromatic rings. The van der Waals surface area contributed by atoms with Crippen molar-refractivity contribution in [1.82, 2.24) is 19.6 Å². The molecule has 1 N–H and O–H groups in total. The van der Waals surface area contributed by atoms with Crippen LogP contribution < -0.4 is 5.56 Å². The van der Waals surface area contributed by atoms with Crippen molar-refractivity contribution < 1.29 is 4.74 Å². The predicted molar refractivity (Wildman–Crippen MR) is 104 cm³/mol. The van der Waals surface area contributed by atoms with Gasteiger partial charge in [-0.3, -0.25) is 4.79 Å². The Morgan fingerprint density at radius 2 is 2.19 bits per heavy atom. The second-order valence-electron chi connectivity index (χ2n) is 6.16. The molecule has 0 amide bonds. The summed E-state index contributed by atoms with van der Waals surface area (Å²) < 4.78 is 7.37. The number of H-pyrrole nitrogens is 1. The van der Waals surface area contributed by atoms with Gasteiger partial charge in [-0.25, -0.2) is 9.50 Å². The number of aromatic nitrogens is 4. The highest BCUT2D eigenvalue weighted by molar-refractivity contribution is 5.63. The fourth-order valence-electron chi connectivity index (χ4n) is 2.63. The first-order valence-electron chi connectivity index (χ1n) is 8.89. The zero-order valence-corrected chi connectivity index (χ0v) is 16.1. The Kier molecular flexibility index (Phi) is 6.40. The molecule has 6 nitrogen and oxygen atoms in total. The van der Waals surface area contributed by atoms with E-state index in [2.05, 4.69) is 27.9 Å². The highest BCUT2D eigenvalue weighted by Gasteiger charge is 2.15. The van der Waals surface area contributed by atoms with E-state index in [0.29, 0.717) is 29.4 Å². The van der Waals surface area contributed by atoms with Gasteiger partial charge in [-0.2, -0.15) is 0 Å². The fourth-order valence-corrected chi connectivity index (χ4v) is 2.63. The van der Waals surface area contributed by atoms with Crippen LogP contribution in [0.25, 0.3) is 11.1 Å². The van der Waals surface area contributed by atoms with Gasteiger partial charge in [0.05, 0.1) is 12.3 Å². The minimum Gasteiger partial charge on any atom is -0.493 e. The van der Waals surface area contributed by atoms with Gasteiger partial charge in [0.25, 0.3) is 5.56 Å². The summed E-state index contributed by atoms with van der Waals surface area (Å²) in [5.74, 6) is 4.51. The molecule has 0 aliphatic rings. The number of nitrogens with zero attached hydrogens (tertiary/aromatic N) is 3. The molecule has 1 unspecified atom stereocenters. The molecule has 1 atom stereocenters. The molecule has 0 saturated heterocycles. The van der Waals surface area contributed by atoms with E-state index in [9.17, 15) is 4.79 Å². The standard InChI is InChI=1S/C20H26N4O2/c1-7-10-17-21-15(6)18-20(25)22-19(23-24(17)18)14(5)16(26-9-3)12-11-13(4)8-2/h2,11-13H,7,9-10H2,1,3-6H3,(H,22,23,25)/b12-11-,16-14-. The Morgan fingerprint density at radius 3 is 2.81 bits per heavy atom. The smallest absolute Gasteiger partial charge is 0.277 e. The van der Waals surface area contributed by atoms with E-state index in [-0.39, 0.29) is 11.5 Å². The van der Waals surface area contributed by atoms with E-state index >= 15 is 0 Å². The van der Waals surface area contributed by atoms with Crippen molar-refractivity contribution in [1.29, 1.82) is 0 Å². The number of imidazole rings is 1. The Labute approximate surface area is 154 Å². The van der Waals surface area contributed by atoms with Crippen molar-refractivity contribution in [3.05, 3.63) is 45.6 Å². The maximum atomic E-state index is 12.6. The van der Waals surface area contributed by atoms with Gasteiger partial charge in [0.2, 0.25) is 0 Å². The Bertz CT molecular complexity index is 941. The zero-order chi connectivity index (χ0) is 19.3. The van der Waals surface area contributed by atoms with Crippen LogP contribution in [0.2, 0.25) is 0 Å². The summed E-state index contributed by atoms with van der Waals surface area (Å²) in [6.07, 6.45) is 10.8. The number of hydrogen-bond acceptors (Lipinski definition) is 4. The van der Waals surface area contributed by atoms with Crippen LogP contribution in [0.3, 0.4) is 0 Å². The normalized spacial score (nSPS) is 13.7. The second kappa shape index (κ2) is 8.52. The molecule has 26 heavy (non-hydrogen) atoms. The van der Waals surface area contributed by atoms with Crippen molar-refractivity contribution in [2.24, 2.45) is 5.92 Å². The van der Waals surface area contributed by atoms with Gasteiger partial charge in [-0.1, -0.05) is 18.9 Å². The van der Waals surface area contributed by atoms with Crippen LogP contribution in [0.5, 0.6) is 0 Å². The van der Waals surface area contributed by atoms with Crippen LogP contribution >= 0.6 is 0 Å². The van der Waals surface area contributed by atoms with Gasteiger partial charge >= 0.3 is 0 Å².